The quantitative estimate of drug-likeness (QED) is 0.0948. The molecule has 3 amide bonds. The average Bonchev–Trinajstić information content (AvgIpc) is 3.67. The van der Waals surface area contributed by atoms with E-state index in [1.165, 1.54) is 63.8 Å². The highest BCUT2D eigenvalue weighted by Crippen LogP contribution is 2.41. The first kappa shape index (κ1) is 29.1. The number of carbonyl (C=O) groups is 4. The molecule has 3 atom stereocenters. The number of aryl methyl sites for hydroxylation is 1. The average molecular weight is 654 g/mol. The molecule has 5 heterocycles. The van der Waals surface area contributed by atoms with Crippen molar-refractivity contribution >= 4 is 74.2 Å². The Morgan fingerprint density at radius 3 is 2.64 bits per heavy atom. The molecule has 0 aliphatic carbocycles. The molecule has 19 heteroatoms. The number of aromatic amines is 1. The molecule has 5 N–H and O–H groups in total. The molecule has 2 aliphatic heterocycles. The third-order valence-corrected chi connectivity index (χ3v) is 9.42. The summed E-state index contributed by atoms with van der Waals surface area (Å²) in [7, 11) is 1.54. The van der Waals surface area contributed by atoms with Crippen LogP contribution in [0.2, 0.25) is 0 Å². The van der Waals surface area contributed by atoms with E-state index in [-0.39, 0.29) is 50.1 Å². The van der Waals surface area contributed by atoms with E-state index in [0.29, 0.717) is 4.83 Å². The lowest BCUT2D eigenvalue weighted by molar-refractivity contribution is -0.150. The fourth-order valence-corrected chi connectivity index (χ4v) is 7.21. The Morgan fingerprint density at radius 1 is 1.20 bits per heavy atom. The molecule has 0 spiro atoms. The van der Waals surface area contributed by atoms with Crippen LogP contribution in [0, 0.1) is 0 Å². The maximum absolute atomic E-state index is 13.6. The number of fused-ring (bicyclic) bond motifs is 2. The zero-order chi connectivity index (χ0) is 31.3. The van der Waals surface area contributed by atoms with Gasteiger partial charge in [-0.15, -0.1) is 28.2 Å². The Kier molecular flexibility index (Phi) is 7.43. The van der Waals surface area contributed by atoms with Crippen LogP contribution >= 0.6 is 35.3 Å². The number of carboxylic acids is 1. The number of tetrazole rings is 1. The summed E-state index contributed by atoms with van der Waals surface area (Å²) in [4.78, 5) is 73.7. The number of nitrogens with zero attached hydrogens (tertiary/aromatic N) is 6. The molecule has 224 valence electrons. The van der Waals surface area contributed by atoms with Gasteiger partial charge in [-0.3, -0.25) is 24.1 Å². The van der Waals surface area contributed by atoms with Gasteiger partial charge < -0.3 is 25.8 Å². The molecule has 2 aliphatic rings. The van der Waals surface area contributed by atoms with Gasteiger partial charge in [-0.05, 0) is 28.1 Å². The Morgan fingerprint density at radius 2 is 1.95 bits per heavy atom. The Hall–Kier alpha value is -5.01. The molecule has 1 saturated heterocycles. The van der Waals surface area contributed by atoms with Crippen molar-refractivity contribution in [1.82, 2.24) is 45.7 Å². The van der Waals surface area contributed by atoms with E-state index < -0.39 is 46.6 Å². The van der Waals surface area contributed by atoms with Crippen LogP contribution in [0.15, 0.2) is 52.0 Å². The number of benzene rings is 1. The molecular formula is C25H19N9O7S3. The fraction of sp³-hybridized carbons (Fsp3) is 0.200. The summed E-state index contributed by atoms with van der Waals surface area (Å²) in [6.45, 7) is 0. The summed E-state index contributed by atoms with van der Waals surface area (Å²) in [5, 5.41) is 35.2. The number of hydrogen-bond acceptors (Lipinski definition) is 13. The van der Waals surface area contributed by atoms with Crippen molar-refractivity contribution < 1.29 is 29.4 Å². The number of phenolic OH excluding ortho intramolecular Hbond substituents is 1. The van der Waals surface area contributed by atoms with Gasteiger partial charge in [-0.25, -0.2) is 14.5 Å². The van der Waals surface area contributed by atoms with Crippen LogP contribution in [0.25, 0.3) is 10.3 Å². The van der Waals surface area contributed by atoms with Crippen molar-refractivity contribution in [2.45, 2.75) is 17.5 Å². The topological polar surface area (TPSA) is 225 Å². The number of thioether (sulfide) groups is 1. The highest BCUT2D eigenvalue weighted by Gasteiger charge is 2.55. The number of aromatic hydroxyl groups is 1. The summed E-state index contributed by atoms with van der Waals surface area (Å²) in [5.41, 5.74) is 0.693. The maximum atomic E-state index is 13.6. The monoisotopic (exact) mass is 653 g/mol. The third-order valence-electron chi connectivity index (χ3n) is 6.95. The second-order valence-electron chi connectivity index (χ2n) is 9.54. The first-order valence-corrected chi connectivity index (χ1v) is 14.9. The van der Waals surface area contributed by atoms with E-state index >= 15 is 0 Å². The number of rotatable bonds is 8. The molecule has 6 rings (SSSR count). The predicted octanol–water partition coefficient (Wildman–Crippen LogP) is -0.158. The van der Waals surface area contributed by atoms with Gasteiger partial charge in [0.25, 0.3) is 11.8 Å². The number of H-pyrrole nitrogens is 1. The number of carboxylic acid groups (broad SMARTS) is 1. The summed E-state index contributed by atoms with van der Waals surface area (Å²) < 4.78 is 1.28. The molecule has 16 nitrogen and oxygen atoms in total. The number of thiazole rings is 1. The van der Waals surface area contributed by atoms with Crippen molar-refractivity contribution in [3.63, 3.8) is 0 Å². The van der Waals surface area contributed by atoms with Crippen LogP contribution in [0.5, 0.6) is 5.75 Å². The van der Waals surface area contributed by atoms with Crippen LogP contribution in [0.4, 0.5) is 0 Å². The van der Waals surface area contributed by atoms with Crippen LogP contribution in [0.1, 0.15) is 27.8 Å². The number of thiocarbonyl (C=S) groups is 1. The van der Waals surface area contributed by atoms with Crippen LogP contribution in [0.3, 0.4) is 0 Å². The number of aromatic nitrogens is 6. The van der Waals surface area contributed by atoms with E-state index in [1.54, 1.807) is 7.05 Å². The highest BCUT2D eigenvalue weighted by molar-refractivity contribution is 8.00. The lowest BCUT2D eigenvalue weighted by Gasteiger charge is -2.49. The van der Waals surface area contributed by atoms with Crippen LogP contribution in [-0.4, -0.2) is 91.0 Å². The summed E-state index contributed by atoms with van der Waals surface area (Å²) in [6, 6.07) is 2.88. The van der Waals surface area contributed by atoms with Gasteiger partial charge in [-0.2, -0.15) is 0 Å². The Labute approximate surface area is 259 Å². The second-order valence-corrected chi connectivity index (χ2v) is 11.9. The zero-order valence-corrected chi connectivity index (χ0v) is 24.7. The van der Waals surface area contributed by atoms with Crippen molar-refractivity contribution in [2.75, 3.05) is 5.75 Å². The third kappa shape index (κ3) is 4.89. The molecular weight excluding hydrogens is 635 g/mol. The molecule has 1 aromatic carbocycles. The van der Waals surface area contributed by atoms with Gasteiger partial charge in [-0.1, -0.05) is 24.4 Å². The molecule has 3 aromatic heterocycles. The Bertz CT molecular complexity index is 1970. The minimum Gasteiger partial charge on any atom is -0.508 e. The number of carbonyl (C=O) groups excluding carboxylic acids is 3. The largest absolute Gasteiger partial charge is 0.508 e. The second kappa shape index (κ2) is 11.2. The lowest BCUT2D eigenvalue weighted by atomic mass is 9.99. The lowest BCUT2D eigenvalue weighted by Crippen LogP contribution is -2.71. The Balaban J connectivity index is 1.26. The number of aliphatic carboxylic acids is 1. The van der Waals surface area contributed by atoms with Crippen molar-refractivity contribution in [3.8, 4) is 5.75 Å². The summed E-state index contributed by atoms with van der Waals surface area (Å²) in [6.07, 6.45) is 1.22. The van der Waals surface area contributed by atoms with E-state index in [4.69, 9.17) is 12.2 Å². The number of β-lactam (4-membered cyclic amide) rings is 1. The molecule has 0 saturated carbocycles. The SMILES string of the molecule is Cn1nnnc1C(=S)C1=C(C(=O)O)N2C(=O)C(NC(=O)C(NC(=O)c3c[nH]c4scnc4c3=O)c3ccc(O)cc3)[C@@H]2SC1. The highest BCUT2D eigenvalue weighted by atomic mass is 32.2. The molecule has 1 fully saturated rings. The van der Waals surface area contributed by atoms with Crippen LogP contribution in [-0.2, 0) is 21.4 Å². The van der Waals surface area contributed by atoms with Gasteiger partial charge in [0.15, 0.2) is 5.82 Å². The molecule has 44 heavy (non-hydrogen) atoms. The number of phenols is 1. The van der Waals surface area contributed by atoms with Gasteiger partial charge >= 0.3 is 5.97 Å². The predicted molar refractivity (Wildman–Crippen MR) is 159 cm³/mol. The van der Waals surface area contributed by atoms with Crippen LogP contribution < -0.4 is 16.1 Å². The number of amides is 3. The minimum absolute atomic E-state index is 0.0688. The number of pyridine rings is 1. The number of hydrogen-bond donors (Lipinski definition) is 5. The van der Waals surface area contributed by atoms with Gasteiger partial charge in [0.2, 0.25) is 11.3 Å². The van der Waals surface area contributed by atoms with Gasteiger partial charge in [0.05, 0.1) is 10.4 Å². The van der Waals surface area contributed by atoms with E-state index in [0.717, 1.165) is 4.90 Å². The maximum Gasteiger partial charge on any atom is 0.353 e. The normalized spacial score (nSPS) is 18.4. The van der Waals surface area contributed by atoms with Crippen molar-refractivity contribution in [1.29, 1.82) is 0 Å². The molecule has 2 unspecified atom stereocenters. The smallest absolute Gasteiger partial charge is 0.353 e. The summed E-state index contributed by atoms with van der Waals surface area (Å²) >= 11 is 7.82. The first-order chi connectivity index (χ1) is 21.1. The molecule has 4 aromatic rings. The van der Waals surface area contributed by atoms with Crippen molar-refractivity contribution in [2.24, 2.45) is 7.05 Å². The van der Waals surface area contributed by atoms with Gasteiger partial charge in [0.1, 0.15) is 44.8 Å². The molecule has 0 radical (unpaired) electrons. The zero-order valence-electron chi connectivity index (χ0n) is 22.2. The number of nitrogens with one attached hydrogen (secondary N) is 3. The van der Waals surface area contributed by atoms with E-state index in [1.807, 2.05) is 0 Å². The van der Waals surface area contributed by atoms with Crippen molar-refractivity contribution in [3.05, 3.63) is 74.4 Å². The van der Waals surface area contributed by atoms with Gasteiger partial charge in [0, 0.05) is 24.6 Å². The van der Waals surface area contributed by atoms with E-state index in [2.05, 4.69) is 36.1 Å². The summed E-state index contributed by atoms with van der Waals surface area (Å²) in [5.74, 6) is -3.62. The first-order valence-electron chi connectivity index (χ1n) is 12.6. The molecule has 0 bridgehead atoms. The standard InChI is InChI=1S/C25H19N9O7S3/c1-33-19(30-31-32-33)18(42)12-7-43-24-15(23(39)34(24)16(12)25(40)41)29-21(38)13(9-2-4-10(35)5-3-9)28-20(37)11-6-26-22-14(17(11)36)27-8-44-22/h2-6,8,13,15,24,35H,7H2,1H3,(H,26,36)(H,28,37)(H,29,38)(H,40,41)/t13?,15?,24-/m0/s1. The fourth-order valence-electron chi connectivity index (χ4n) is 4.77. The minimum atomic E-state index is -1.40. The van der Waals surface area contributed by atoms with E-state index in [9.17, 15) is 34.2 Å².